The summed E-state index contributed by atoms with van der Waals surface area (Å²) < 4.78 is 32.9. The van der Waals surface area contributed by atoms with Crippen molar-refractivity contribution in [2.75, 3.05) is 32.3 Å². The fraction of sp³-hybridized carbons (Fsp3) is 0.533. The molecule has 0 unspecified atom stereocenters. The van der Waals surface area contributed by atoms with E-state index in [0.717, 1.165) is 0 Å². The lowest BCUT2D eigenvalue weighted by Gasteiger charge is -2.22. The van der Waals surface area contributed by atoms with E-state index in [1.165, 1.54) is 26.4 Å². The minimum Gasteiger partial charge on any atom is -0.507 e. The van der Waals surface area contributed by atoms with Crippen molar-refractivity contribution in [2.45, 2.75) is 12.8 Å². The van der Waals surface area contributed by atoms with Gasteiger partial charge in [-0.25, -0.2) is 8.42 Å². The Balaban J connectivity index is 2.01. The fourth-order valence-corrected chi connectivity index (χ4v) is 4.11. The zero-order valence-corrected chi connectivity index (χ0v) is 14.0. The van der Waals surface area contributed by atoms with Gasteiger partial charge in [0.15, 0.2) is 11.5 Å². The maximum absolute atomic E-state index is 12.2. The minimum atomic E-state index is -2.91. The molecule has 1 aromatic carbocycles. The highest BCUT2D eigenvalue weighted by Gasteiger charge is 2.24. The average molecular weight is 343 g/mol. The van der Waals surface area contributed by atoms with Crippen molar-refractivity contribution in [1.29, 1.82) is 0 Å². The van der Waals surface area contributed by atoms with Gasteiger partial charge < -0.3 is 19.9 Å². The molecule has 7 nitrogen and oxygen atoms in total. The van der Waals surface area contributed by atoms with Gasteiger partial charge >= 0.3 is 0 Å². The Morgan fingerprint density at radius 3 is 2.35 bits per heavy atom. The van der Waals surface area contributed by atoms with Crippen molar-refractivity contribution >= 4 is 15.7 Å². The minimum absolute atomic E-state index is 0.0890. The second-order valence-corrected chi connectivity index (χ2v) is 7.83. The molecule has 0 atom stereocenters. The monoisotopic (exact) mass is 343 g/mol. The Morgan fingerprint density at radius 1 is 1.22 bits per heavy atom. The normalized spacial score (nSPS) is 17.5. The third-order valence-electron chi connectivity index (χ3n) is 3.97. The van der Waals surface area contributed by atoms with Crippen molar-refractivity contribution in [3.05, 3.63) is 17.7 Å². The number of methoxy groups -OCH3 is 2. The number of benzene rings is 1. The molecule has 1 aliphatic heterocycles. The van der Waals surface area contributed by atoms with Crippen LogP contribution in [0.4, 0.5) is 0 Å². The van der Waals surface area contributed by atoms with E-state index >= 15 is 0 Å². The van der Waals surface area contributed by atoms with Gasteiger partial charge in [-0.05, 0) is 18.8 Å². The van der Waals surface area contributed by atoms with E-state index in [0.29, 0.717) is 30.9 Å². The number of sulfone groups is 1. The van der Waals surface area contributed by atoms with Crippen LogP contribution < -0.4 is 14.8 Å². The van der Waals surface area contributed by atoms with E-state index in [1.807, 2.05) is 0 Å². The summed E-state index contributed by atoms with van der Waals surface area (Å²) in [6.45, 7) is 0.377. The quantitative estimate of drug-likeness (QED) is 0.826. The van der Waals surface area contributed by atoms with Crippen LogP contribution in [0.5, 0.6) is 17.2 Å². The van der Waals surface area contributed by atoms with Crippen LogP contribution in [0.2, 0.25) is 0 Å². The summed E-state index contributed by atoms with van der Waals surface area (Å²) >= 11 is 0. The molecule has 23 heavy (non-hydrogen) atoms. The zero-order chi connectivity index (χ0) is 17.0. The summed E-state index contributed by atoms with van der Waals surface area (Å²) in [7, 11) is -0.0308. The molecule has 1 fully saturated rings. The third-order valence-corrected chi connectivity index (χ3v) is 5.69. The van der Waals surface area contributed by atoms with Gasteiger partial charge in [-0.3, -0.25) is 4.79 Å². The fourth-order valence-electron chi connectivity index (χ4n) is 2.53. The number of ether oxygens (including phenoxy) is 2. The first-order chi connectivity index (χ1) is 10.9. The van der Waals surface area contributed by atoms with Crippen LogP contribution in [0.25, 0.3) is 0 Å². The summed E-state index contributed by atoms with van der Waals surface area (Å²) in [5.74, 6) is 0.496. The Labute approximate surface area is 135 Å². The molecule has 0 aliphatic carbocycles. The van der Waals surface area contributed by atoms with E-state index in [1.54, 1.807) is 0 Å². The van der Waals surface area contributed by atoms with Gasteiger partial charge in [0.05, 0.1) is 31.3 Å². The van der Waals surface area contributed by atoms with Crippen molar-refractivity contribution in [3.8, 4) is 17.2 Å². The molecule has 128 valence electrons. The van der Waals surface area contributed by atoms with E-state index in [9.17, 15) is 18.3 Å². The highest BCUT2D eigenvalue weighted by atomic mass is 32.2. The lowest BCUT2D eigenvalue weighted by atomic mass is 10.0. The van der Waals surface area contributed by atoms with Crippen LogP contribution in [0.15, 0.2) is 12.1 Å². The number of aromatic hydroxyl groups is 1. The number of phenols is 1. The lowest BCUT2D eigenvalue weighted by Crippen LogP contribution is -2.34. The predicted molar refractivity (Wildman–Crippen MR) is 84.9 cm³/mol. The van der Waals surface area contributed by atoms with Gasteiger partial charge in [-0.2, -0.15) is 0 Å². The molecule has 1 heterocycles. The standard InChI is InChI=1S/C15H21NO6S/c1-21-13-7-11(12(17)8-14(13)22-2)15(18)16-9-10-3-5-23(19,20)6-4-10/h7-8,10,17H,3-6,9H2,1-2H3,(H,16,18). The van der Waals surface area contributed by atoms with Crippen LogP contribution in [0.3, 0.4) is 0 Å². The van der Waals surface area contributed by atoms with Crippen LogP contribution >= 0.6 is 0 Å². The Morgan fingerprint density at radius 2 is 1.78 bits per heavy atom. The molecule has 0 spiro atoms. The van der Waals surface area contributed by atoms with Gasteiger partial charge in [0.2, 0.25) is 0 Å². The van der Waals surface area contributed by atoms with Crippen molar-refractivity contribution in [1.82, 2.24) is 5.32 Å². The summed E-state index contributed by atoms with van der Waals surface area (Å²) in [6, 6.07) is 2.73. The maximum Gasteiger partial charge on any atom is 0.255 e. The smallest absolute Gasteiger partial charge is 0.255 e. The number of hydrogen-bond donors (Lipinski definition) is 2. The summed E-state index contributed by atoms with van der Waals surface area (Å²) in [4.78, 5) is 12.2. The molecule has 0 bridgehead atoms. The number of amides is 1. The number of phenolic OH excluding ortho intramolecular Hbond substituents is 1. The third kappa shape index (κ3) is 4.28. The highest BCUT2D eigenvalue weighted by molar-refractivity contribution is 7.91. The van der Waals surface area contributed by atoms with Crippen molar-refractivity contribution in [2.24, 2.45) is 5.92 Å². The summed E-state index contributed by atoms with van der Waals surface area (Å²) in [5, 5.41) is 12.7. The first-order valence-corrected chi connectivity index (χ1v) is 9.12. The molecule has 0 aromatic heterocycles. The molecular formula is C15H21NO6S. The Kier molecular flexibility index (Phi) is 5.35. The van der Waals surface area contributed by atoms with E-state index < -0.39 is 15.7 Å². The first kappa shape index (κ1) is 17.4. The molecule has 2 rings (SSSR count). The van der Waals surface area contributed by atoms with Crippen LogP contribution in [0.1, 0.15) is 23.2 Å². The summed E-state index contributed by atoms with van der Waals surface area (Å²) in [5.41, 5.74) is 0.0890. The molecule has 1 saturated heterocycles. The van der Waals surface area contributed by atoms with Crippen molar-refractivity contribution in [3.63, 3.8) is 0 Å². The first-order valence-electron chi connectivity index (χ1n) is 7.30. The van der Waals surface area contributed by atoms with E-state index in [4.69, 9.17) is 9.47 Å². The van der Waals surface area contributed by atoms with Gasteiger partial charge in [-0.1, -0.05) is 0 Å². The van der Waals surface area contributed by atoms with Gasteiger partial charge in [0.25, 0.3) is 5.91 Å². The largest absolute Gasteiger partial charge is 0.507 e. The number of rotatable bonds is 5. The Hall–Kier alpha value is -1.96. The molecule has 0 saturated carbocycles. The number of carbonyl (C=O) groups is 1. The summed E-state index contributed by atoms with van der Waals surface area (Å²) in [6.07, 6.45) is 1.08. The van der Waals surface area contributed by atoms with Crippen LogP contribution in [0, 0.1) is 5.92 Å². The molecule has 8 heteroatoms. The topological polar surface area (TPSA) is 102 Å². The average Bonchev–Trinajstić information content (AvgIpc) is 2.53. The van der Waals surface area contributed by atoms with E-state index in [2.05, 4.69) is 5.32 Å². The highest BCUT2D eigenvalue weighted by Crippen LogP contribution is 2.33. The molecular weight excluding hydrogens is 322 g/mol. The second-order valence-electron chi connectivity index (χ2n) is 5.53. The molecule has 2 N–H and O–H groups in total. The van der Waals surface area contributed by atoms with Crippen LogP contribution in [-0.2, 0) is 9.84 Å². The SMILES string of the molecule is COc1cc(O)c(C(=O)NCC2CCS(=O)(=O)CC2)cc1OC. The number of hydrogen-bond acceptors (Lipinski definition) is 6. The lowest BCUT2D eigenvalue weighted by molar-refractivity contribution is 0.0943. The second kappa shape index (κ2) is 7.08. The molecule has 0 radical (unpaired) electrons. The predicted octanol–water partition coefficient (Wildman–Crippen LogP) is 0.964. The van der Waals surface area contributed by atoms with Gasteiger partial charge in [0.1, 0.15) is 15.6 Å². The molecule has 1 aliphatic rings. The van der Waals surface area contributed by atoms with Crippen molar-refractivity contribution < 1.29 is 27.8 Å². The number of carbonyl (C=O) groups excluding carboxylic acids is 1. The van der Waals surface area contributed by atoms with Gasteiger partial charge in [0, 0.05) is 18.7 Å². The van der Waals surface area contributed by atoms with Crippen LogP contribution in [-0.4, -0.2) is 51.7 Å². The molecule has 1 aromatic rings. The maximum atomic E-state index is 12.2. The number of nitrogens with one attached hydrogen (secondary N) is 1. The van der Waals surface area contributed by atoms with E-state index in [-0.39, 0.29) is 28.7 Å². The van der Waals surface area contributed by atoms with Gasteiger partial charge in [-0.15, -0.1) is 0 Å². The molecule has 1 amide bonds. The zero-order valence-electron chi connectivity index (χ0n) is 13.2. The Bertz CT molecular complexity index is 671.